The summed E-state index contributed by atoms with van der Waals surface area (Å²) >= 11 is 0. The van der Waals surface area contributed by atoms with Crippen molar-refractivity contribution in [2.24, 2.45) is 5.73 Å². The lowest BCUT2D eigenvalue weighted by atomic mass is 9.95. The number of ether oxygens (including phenoxy) is 1. The first-order valence-electron chi connectivity index (χ1n) is 6.09. The van der Waals surface area contributed by atoms with Crippen molar-refractivity contribution in [2.75, 3.05) is 12.3 Å². The normalized spacial score (nSPS) is 13.1. The van der Waals surface area contributed by atoms with Crippen LogP contribution in [0.3, 0.4) is 0 Å². The minimum absolute atomic E-state index is 0.0525. The SMILES string of the molecule is CC(C)(C)OC(=O)CC(CN)c1cccc(N)c1. The van der Waals surface area contributed by atoms with Gasteiger partial charge in [-0.3, -0.25) is 4.79 Å². The summed E-state index contributed by atoms with van der Waals surface area (Å²) in [6.45, 7) is 5.94. The van der Waals surface area contributed by atoms with Crippen LogP contribution >= 0.6 is 0 Å². The summed E-state index contributed by atoms with van der Waals surface area (Å²) in [5.41, 5.74) is 12.6. The molecule has 0 aliphatic carbocycles. The molecule has 0 saturated carbocycles. The van der Waals surface area contributed by atoms with Gasteiger partial charge >= 0.3 is 5.97 Å². The van der Waals surface area contributed by atoms with E-state index in [-0.39, 0.29) is 18.3 Å². The number of anilines is 1. The first kappa shape index (κ1) is 14.5. The van der Waals surface area contributed by atoms with Crippen molar-refractivity contribution < 1.29 is 9.53 Å². The van der Waals surface area contributed by atoms with Gasteiger partial charge in [0.05, 0.1) is 6.42 Å². The maximum Gasteiger partial charge on any atom is 0.306 e. The number of nitrogens with two attached hydrogens (primary N) is 2. The van der Waals surface area contributed by atoms with Gasteiger partial charge in [-0.1, -0.05) is 12.1 Å². The van der Waals surface area contributed by atoms with Crippen LogP contribution in [0, 0.1) is 0 Å². The molecule has 0 aliphatic rings. The molecule has 1 rings (SSSR count). The van der Waals surface area contributed by atoms with Crippen LogP contribution in [0.1, 0.15) is 38.7 Å². The van der Waals surface area contributed by atoms with Gasteiger partial charge in [0, 0.05) is 11.6 Å². The molecule has 0 aliphatic heterocycles. The van der Waals surface area contributed by atoms with Gasteiger partial charge in [-0.2, -0.15) is 0 Å². The maximum absolute atomic E-state index is 11.8. The second-order valence-corrected chi connectivity index (χ2v) is 5.39. The summed E-state index contributed by atoms with van der Waals surface area (Å²) in [5, 5.41) is 0. The summed E-state index contributed by atoms with van der Waals surface area (Å²) < 4.78 is 5.30. The highest BCUT2D eigenvalue weighted by atomic mass is 16.6. The molecule has 0 amide bonds. The Hall–Kier alpha value is -1.55. The Morgan fingerprint density at radius 1 is 1.39 bits per heavy atom. The summed E-state index contributed by atoms with van der Waals surface area (Å²) in [4.78, 5) is 11.8. The zero-order chi connectivity index (χ0) is 13.8. The number of rotatable bonds is 4. The molecule has 1 unspecified atom stereocenters. The van der Waals surface area contributed by atoms with E-state index in [0.717, 1.165) is 5.56 Å². The second kappa shape index (κ2) is 5.87. The van der Waals surface area contributed by atoms with Crippen molar-refractivity contribution in [3.05, 3.63) is 29.8 Å². The smallest absolute Gasteiger partial charge is 0.306 e. The zero-order valence-electron chi connectivity index (χ0n) is 11.3. The van der Waals surface area contributed by atoms with E-state index in [1.54, 1.807) is 0 Å². The second-order valence-electron chi connectivity index (χ2n) is 5.39. The van der Waals surface area contributed by atoms with Gasteiger partial charge in [0.2, 0.25) is 0 Å². The molecular weight excluding hydrogens is 228 g/mol. The zero-order valence-corrected chi connectivity index (χ0v) is 11.3. The van der Waals surface area contributed by atoms with Crippen LogP contribution in [0.4, 0.5) is 5.69 Å². The van der Waals surface area contributed by atoms with Gasteiger partial charge in [-0.25, -0.2) is 0 Å². The van der Waals surface area contributed by atoms with E-state index in [9.17, 15) is 4.79 Å². The summed E-state index contributed by atoms with van der Waals surface area (Å²) in [7, 11) is 0. The molecule has 1 aromatic rings. The lowest BCUT2D eigenvalue weighted by Crippen LogP contribution is -2.26. The fourth-order valence-electron chi connectivity index (χ4n) is 1.73. The van der Waals surface area contributed by atoms with Gasteiger partial charge in [0.25, 0.3) is 0 Å². The third-order valence-corrected chi connectivity index (χ3v) is 2.50. The molecule has 18 heavy (non-hydrogen) atoms. The Kier molecular flexibility index (Phi) is 4.73. The lowest BCUT2D eigenvalue weighted by Gasteiger charge is -2.22. The number of benzene rings is 1. The third kappa shape index (κ3) is 4.75. The maximum atomic E-state index is 11.8. The first-order chi connectivity index (χ1) is 8.31. The molecule has 4 heteroatoms. The van der Waals surface area contributed by atoms with E-state index >= 15 is 0 Å². The van der Waals surface area contributed by atoms with Crippen molar-refractivity contribution >= 4 is 11.7 Å². The molecule has 0 fully saturated rings. The van der Waals surface area contributed by atoms with Crippen molar-refractivity contribution in [3.8, 4) is 0 Å². The number of hydrogen-bond acceptors (Lipinski definition) is 4. The van der Waals surface area contributed by atoms with Gasteiger partial charge in [-0.05, 0) is 45.0 Å². The van der Waals surface area contributed by atoms with Crippen LogP contribution in [-0.2, 0) is 9.53 Å². The molecule has 0 saturated heterocycles. The van der Waals surface area contributed by atoms with Gasteiger partial charge < -0.3 is 16.2 Å². The molecule has 1 aromatic carbocycles. The summed E-state index contributed by atoms with van der Waals surface area (Å²) in [6.07, 6.45) is 0.275. The van der Waals surface area contributed by atoms with E-state index in [1.807, 2.05) is 45.0 Å². The van der Waals surface area contributed by atoms with Crippen molar-refractivity contribution in [1.29, 1.82) is 0 Å². The monoisotopic (exact) mass is 250 g/mol. The van der Waals surface area contributed by atoms with E-state index < -0.39 is 5.60 Å². The fraction of sp³-hybridized carbons (Fsp3) is 0.500. The predicted octanol–water partition coefficient (Wildman–Crippen LogP) is 2.04. The lowest BCUT2D eigenvalue weighted by molar-refractivity contribution is -0.155. The quantitative estimate of drug-likeness (QED) is 0.633. The summed E-state index contributed by atoms with van der Waals surface area (Å²) in [6, 6.07) is 7.45. The van der Waals surface area contributed by atoms with E-state index in [1.165, 1.54) is 0 Å². The van der Waals surface area contributed by atoms with Crippen LogP contribution in [0.2, 0.25) is 0 Å². The van der Waals surface area contributed by atoms with E-state index in [0.29, 0.717) is 12.2 Å². The molecule has 4 nitrogen and oxygen atoms in total. The largest absolute Gasteiger partial charge is 0.460 e. The molecule has 0 heterocycles. The van der Waals surface area contributed by atoms with E-state index in [2.05, 4.69) is 0 Å². The number of hydrogen-bond donors (Lipinski definition) is 2. The average molecular weight is 250 g/mol. The molecular formula is C14H22N2O2. The Morgan fingerprint density at radius 3 is 2.56 bits per heavy atom. The number of carbonyl (C=O) groups is 1. The third-order valence-electron chi connectivity index (χ3n) is 2.50. The highest BCUT2D eigenvalue weighted by molar-refractivity contribution is 5.71. The van der Waals surface area contributed by atoms with Crippen LogP contribution < -0.4 is 11.5 Å². The van der Waals surface area contributed by atoms with Crippen LogP contribution in [0.25, 0.3) is 0 Å². The Bertz CT molecular complexity index is 411. The van der Waals surface area contributed by atoms with Crippen molar-refractivity contribution in [3.63, 3.8) is 0 Å². The molecule has 0 spiro atoms. The highest BCUT2D eigenvalue weighted by Crippen LogP contribution is 2.22. The van der Waals surface area contributed by atoms with Gasteiger partial charge in [-0.15, -0.1) is 0 Å². The fourth-order valence-corrected chi connectivity index (χ4v) is 1.73. The Balaban J connectivity index is 2.71. The van der Waals surface area contributed by atoms with Crippen molar-refractivity contribution in [1.82, 2.24) is 0 Å². The minimum atomic E-state index is -0.466. The average Bonchev–Trinajstić information content (AvgIpc) is 2.23. The van der Waals surface area contributed by atoms with Crippen LogP contribution in [0.5, 0.6) is 0 Å². The molecule has 0 radical (unpaired) electrons. The summed E-state index contributed by atoms with van der Waals surface area (Å²) in [5.74, 6) is -0.288. The standard InChI is InChI=1S/C14H22N2O2/c1-14(2,3)18-13(17)8-11(9-15)10-5-4-6-12(16)7-10/h4-7,11H,8-9,15-16H2,1-3H3. The number of carbonyl (C=O) groups excluding carboxylic acids is 1. The topological polar surface area (TPSA) is 78.3 Å². The number of esters is 1. The van der Waals surface area contributed by atoms with Crippen molar-refractivity contribution in [2.45, 2.75) is 38.7 Å². The highest BCUT2D eigenvalue weighted by Gasteiger charge is 2.20. The molecule has 1 atom stereocenters. The molecule has 100 valence electrons. The Labute approximate surface area is 108 Å². The van der Waals surface area contributed by atoms with E-state index in [4.69, 9.17) is 16.2 Å². The first-order valence-corrected chi connectivity index (χ1v) is 6.09. The van der Waals surface area contributed by atoms with Gasteiger partial charge in [0.1, 0.15) is 5.60 Å². The predicted molar refractivity (Wildman–Crippen MR) is 73.1 cm³/mol. The number of nitrogen functional groups attached to an aromatic ring is 1. The Morgan fingerprint density at radius 2 is 2.06 bits per heavy atom. The van der Waals surface area contributed by atoms with Gasteiger partial charge in [0.15, 0.2) is 0 Å². The van der Waals surface area contributed by atoms with Crippen LogP contribution in [0.15, 0.2) is 24.3 Å². The molecule has 4 N–H and O–H groups in total. The molecule has 0 bridgehead atoms. The van der Waals surface area contributed by atoms with Crippen LogP contribution in [-0.4, -0.2) is 18.1 Å². The minimum Gasteiger partial charge on any atom is -0.460 e. The molecule has 0 aromatic heterocycles.